The highest BCUT2D eigenvalue weighted by atomic mass is 79.9. The molecule has 1 heterocycles. The van der Waals surface area contributed by atoms with Gasteiger partial charge in [0.1, 0.15) is 17.3 Å². The SMILES string of the molecule is C=CCOc1c(Br)cc(C(=S)N2CCN(Cc3ccccc3)CC2)cc1Br. The Bertz CT molecular complexity index is 782. The number of thiocarbonyl (C=S) groups is 1. The minimum Gasteiger partial charge on any atom is -0.487 e. The first kappa shape index (κ1) is 20.5. The average Bonchev–Trinajstić information content (AvgIpc) is 2.68. The third kappa shape index (κ3) is 5.41. The summed E-state index contributed by atoms with van der Waals surface area (Å²) >= 11 is 13.0. The van der Waals surface area contributed by atoms with Crippen molar-refractivity contribution in [3.63, 3.8) is 0 Å². The highest BCUT2D eigenvalue weighted by molar-refractivity contribution is 9.11. The quantitative estimate of drug-likeness (QED) is 0.389. The molecule has 0 spiro atoms. The first-order valence-electron chi connectivity index (χ1n) is 8.87. The van der Waals surface area contributed by atoms with E-state index in [0.29, 0.717) is 6.61 Å². The number of hydrogen-bond donors (Lipinski definition) is 0. The minimum absolute atomic E-state index is 0.463. The molecule has 1 fully saturated rings. The van der Waals surface area contributed by atoms with Crippen molar-refractivity contribution in [3.8, 4) is 5.75 Å². The first-order valence-corrected chi connectivity index (χ1v) is 10.9. The van der Waals surface area contributed by atoms with Crippen molar-refractivity contribution in [1.29, 1.82) is 0 Å². The zero-order valence-corrected chi connectivity index (χ0v) is 19.0. The highest BCUT2D eigenvalue weighted by Crippen LogP contribution is 2.35. The molecule has 1 aliphatic heterocycles. The van der Waals surface area contributed by atoms with Crippen LogP contribution in [0.5, 0.6) is 5.75 Å². The molecule has 0 aromatic heterocycles. The molecular weight excluding hydrogens is 488 g/mol. The molecule has 0 amide bonds. The van der Waals surface area contributed by atoms with Crippen LogP contribution in [0.25, 0.3) is 0 Å². The molecule has 0 bridgehead atoms. The van der Waals surface area contributed by atoms with Crippen molar-refractivity contribution in [2.45, 2.75) is 6.54 Å². The zero-order valence-electron chi connectivity index (χ0n) is 15.0. The van der Waals surface area contributed by atoms with Gasteiger partial charge in [-0.25, -0.2) is 0 Å². The third-order valence-corrected chi connectivity index (χ3v) is 6.17. The lowest BCUT2D eigenvalue weighted by molar-refractivity contribution is 0.177. The van der Waals surface area contributed by atoms with Crippen LogP contribution in [-0.2, 0) is 6.54 Å². The van der Waals surface area contributed by atoms with Crippen LogP contribution >= 0.6 is 44.1 Å². The van der Waals surface area contributed by atoms with Crippen molar-refractivity contribution in [2.24, 2.45) is 0 Å². The van der Waals surface area contributed by atoms with Gasteiger partial charge in [0.05, 0.1) is 8.95 Å². The van der Waals surface area contributed by atoms with Crippen LogP contribution in [-0.4, -0.2) is 47.6 Å². The van der Waals surface area contributed by atoms with E-state index in [1.807, 2.05) is 12.1 Å². The van der Waals surface area contributed by atoms with Crippen molar-refractivity contribution in [2.75, 3.05) is 32.8 Å². The van der Waals surface area contributed by atoms with Gasteiger partial charge in [-0.1, -0.05) is 55.2 Å². The van der Waals surface area contributed by atoms with Gasteiger partial charge in [0.25, 0.3) is 0 Å². The summed E-state index contributed by atoms with van der Waals surface area (Å²) in [5.74, 6) is 0.772. The Balaban J connectivity index is 1.61. The smallest absolute Gasteiger partial charge is 0.148 e. The van der Waals surface area contributed by atoms with E-state index in [1.54, 1.807) is 6.08 Å². The summed E-state index contributed by atoms with van der Waals surface area (Å²) in [6, 6.07) is 14.7. The fraction of sp³-hybridized carbons (Fsp3) is 0.286. The van der Waals surface area contributed by atoms with Gasteiger partial charge in [-0.05, 0) is 49.6 Å². The standard InChI is InChI=1S/C21H22Br2N2OS/c1-2-12-26-20-18(22)13-17(14-19(20)23)21(27)25-10-8-24(9-11-25)15-16-6-4-3-5-7-16/h2-7,13-14H,1,8-12,15H2. The lowest BCUT2D eigenvalue weighted by atomic mass is 10.1. The van der Waals surface area contributed by atoms with Gasteiger partial charge in [-0.15, -0.1) is 0 Å². The predicted octanol–water partition coefficient (Wildman–Crippen LogP) is 5.27. The van der Waals surface area contributed by atoms with Gasteiger partial charge in [0, 0.05) is 38.3 Å². The second-order valence-electron chi connectivity index (χ2n) is 6.42. The molecule has 0 unspecified atom stereocenters. The van der Waals surface area contributed by atoms with Crippen LogP contribution in [0, 0.1) is 0 Å². The largest absolute Gasteiger partial charge is 0.487 e. The minimum atomic E-state index is 0.463. The fourth-order valence-corrected chi connectivity index (χ4v) is 4.81. The fourth-order valence-electron chi connectivity index (χ4n) is 3.10. The number of ether oxygens (including phenoxy) is 1. The van der Waals surface area contributed by atoms with E-state index >= 15 is 0 Å². The molecule has 0 saturated carbocycles. The van der Waals surface area contributed by atoms with Crippen LogP contribution < -0.4 is 4.74 Å². The molecule has 0 atom stereocenters. The van der Waals surface area contributed by atoms with Crippen LogP contribution in [0.15, 0.2) is 64.1 Å². The van der Waals surface area contributed by atoms with Gasteiger partial charge in [-0.3, -0.25) is 4.90 Å². The maximum absolute atomic E-state index is 5.77. The van der Waals surface area contributed by atoms with Gasteiger partial charge >= 0.3 is 0 Å². The molecule has 3 nitrogen and oxygen atoms in total. The summed E-state index contributed by atoms with van der Waals surface area (Å²) in [6.45, 7) is 9.05. The van der Waals surface area contributed by atoms with Gasteiger partial charge < -0.3 is 9.64 Å². The maximum atomic E-state index is 5.77. The van der Waals surface area contributed by atoms with Crippen molar-refractivity contribution in [1.82, 2.24) is 9.80 Å². The molecule has 1 saturated heterocycles. The molecule has 0 aliphatic carbocycles. The molecule has 3 rings (SSSR count). The Morgan fingerprint density at radius 1 is 1.07 bits per heavy atom. The number of halogens is 2. The van der Waals surface area contributed by atoms with Crippen molar-refractivity contribution in [3.05, 3.63) is 75.2 Å². The number of benzene rings is 2. The lowest BCUT2D eigenvalue weighted by Crippen LogP contribution is -2.48. The Labute approximate surface area is 183 Å². The van der Waals surface area contributed by atoms with Gasteiger partial charge in [-0.2, -0.15) is 0 Å². The van der Waals surface area contributed by atoms with Crippen molar-refractivity contribution >= 4 is 49.1 Å². The molecule has 2 aromatic carbocycles. The van der Waals surface area contributed by atoms with Crippen molar-refractivity contribution < 1.29 is 4.74 Å². The molecular formula is C21H22Br2N2OS. The summed E-state index contributed by atoms with van der Waals surface area (Å²) < 4.78 is 7.47. The Morgan fingerprint density at radius 2 is 1.70 bits per heavy atom. The van der Waals surface area contributed by atoms with E-state index in [1.165, 1.54) is 5.56 Å². The Morgan fingerprint density at radius 3 is 2.30 bits per heavy atom. The summed E-state index contributed by atoms with van der Waals surface area (Å²) in [4.78, 5) is 5.65. The second-order valence-corrected chi connectivity index (χ2v) is 8.52. The Kier molecular flexibility index (Phi) is 7.47. The monoisotopic (exact) mass is 508 g/mol. The molecule has 0 N–H and O–H groups in total. The normalized spacial score (nSPS) is 14.8. The molecule has 6 heteroatoms. The summed E-state index contributed by atoms with van der Waals surface area (Å²) in [6.07, 6.45) is 1.73. The maximum Gasteiger partial charge on any atom is 0.148 e. The van der Waals surface area contributed by atoms with Gasteiger partial charge in [0.15, 0.2) is 0 Å². The summed E-state index contributed by atoms with van der Waals surface area (Å²) in [5.41, 5.74) is 2.38. The molecule has 0 radical (unpaired) electrons. The summed E-state index contributed by atoms with van der Waals surface area (Å²) in [7, 11) is 0. The second kappa shape index (κ2) is 9.82. The lowest BCUT2D eigenvalue weighted by Gasteiger charge is -2.36. The number of piperazine rings is 1. The number of nitrogens with zero attached hydrogens (tertiary/aromatic N) is 2. The number of hydrogen-bond acceptors (Lipinski definition) is 3. The molecule has 27 heavy (non-hydrogen) atoms. The Hall–Kier alpha value is -1.21. The first-order chi connectivity index (χ1) is 13.1. The van der Waals surface area contributed by atoms with E-state index < -0.39 is 0 Å². The topological polar surface area (TPSA) is 15.7 Å². The third-order valence-electron chi connectivity index (χ3n) is 4.50. The molecule has 2 aromatic rings. The van der Waals surface area contributed by atoms with Gasteiger partial charge in [0.2, 0.25) is 0 Å². The van der Waals surface area contributed by atoms with E-state index in [0.717, 1.165) is 58.0 Å². The highest BCUT2D eigenvalue weighted by Gasteiger charge is 2.21. The van der Waals surface area contributed by atoms with Crippen LogP contribution in [0.3, 0.4) is 0 Å². The van der Waals surface area contributed by atoms with Crippen LogP contribution in [0.4, 0.5) is 0 Å². The number of rotatable bonds is 6. The van der Waals surface area contributed by atoms with E-state index in [2.05, 4.69) is 78.6 Å². The van der Waals surface area contributed by atoms with E-state index in [-0.39, 0.29) is 0 Å². The van der Waals surface area contributed by atoms with E-state index in [9.17, 15) is 0 Å². The predicted molar refractivity (Wildman–Crippen MR) is 123 cm³/mol. The molecule has 142 valence electrons. The average molecular weight is 510 g/mol. The summed E-state index contributed by atoms with van der Waals surface area (Å²) in [5, 5.41) is 0. The van der Waals surface area contributed by atoms with Crippen LogP contribution in [0.2, 0.25) is 0 Å². The van der Waals surface area contributed by atoms with Crippen LogP contribution in [0.1, 0.15) is 11.1 Å². The van der Waals surface area contributed by atoms with E-state index in [4.69, 9.17) is 17.0 Å². The zero-order chi connectivity index (χ0) is 19.2. The molecule has 1 aliphatic rings.